The Balaban J connectivity index is 1.39. The Labute approximate surface area is 190 Å². The van der Waals surface area contributed by atoms with Crippen LogP contribution in [0.2, 0.25) is 0 Å². The largest absolute Gasteiger partial charge is 0.378 e. The predicted molar refractivity (Wildman–Crippen MR) is 119 cm³/mol. The summed E-state index contributed by atoms with van der Waals surface area (Å²) in [7, 11) is 0. The highest BCUT2D eigenvalue weighted by atomic mass is 19.1. The molecule has 0 bridgehead atoms. The van der Waals surface area contributed by atoms with Crippen LogP contribution in [0.25, 0.3) is 11.3 Å². The van der Waals surface area contributed by atoms with Gasteiger partial charge in [0.25, 0.3) is 0 Å². The first-order valence-electron chi connectivity index (χ1n) is 11.0. The van der Waals surface area contributed by atoms with Crippen LogP contribution in [0.5, 0.6) is 0 Å². The van der Waals surface area contributed by atoms with Gasteiger partial charge < -0.3 is 9.64 Å². The number of pyridine rings is 1. The molecule has 0 spiro atoms. The van der Waals surface area contributed by atoms with E-state index in [1.54, 1.807) is 12.4 Å². The summed E-state index contributed by atoms with van der Waals surface area (Å²) >= 11 is 0. The van der Waals surface area contributed by atoms with Crippen LogP contribution < -0.4 is 9.80 Å². The number of carbonyl (C=O) groups is 1. The number of benzene rings is 1. The summed E-state index contributed by atoms with van der Waals surface area (Å²) in [6.45, 7) is 3.42. The van der Waals surface area contributed by atoms with Crippen molar-refractivity contribution in [3.8, 4) is 11.3 Å². The number of fused-ring (bicyclic) bond motifs is 1. The number of aromatic nitrogens is 3. The van der Waals surface area contributed by atoms with Crippen LogP contribution in [-0.4, -0.2) is 53.7 Å². The van der Waals surface area contributed by atoms with E-state index in [0.29, 0.717) is 37.7 Å². The van der Waals surface area contributed by atoms with Crippen LogP contribution in [-0.2, 0) is 22.4 Å². The SMILES string of the molecule is O=C(Cc1cc(F)ccc1F)N1CCCc2ncc(-c3ccc(N4CCOCC4)nc3)nc21. The molecule has 2 aliphatic heterocycles. The van der Waals surface area contributed by atoms with E-state index in [-0.39, 0.29) is 17.9 Å². The molecule has 7 nitrogen and oxygen atoms in total. The van der Waals surface area contributed by atoms with E-state index in [2.05, 4.69) is 14.9 Å². The zero-order valence-electron chi connectivity index (χ0n) is 18.0. The van der Waals surface area contributed by atoms with Gasteiger partial charge in [0.15, 0.2) is 5.82 Å². The minimum Gasteiger partial charge on any atom is -0.378 e. The highest BCUT2D eigenvalue weighted by Gasteiger charge is 2.26. The molecule has 0 unspecified atom stereocenters. The summed E-state index contributed by atoms with van der Waals surface area (Å²) in [5.74, 6) is -0.172. The highest BCUT2D eigenvalue weighted by molar-refractivity contribution is 5.95. The van der Waals surface area contributed by atoms with Crippen molar-refractivity contribution in [2.45, 2.75) is 19.3 Å². The van der Waals surface area contributed by atoms with E-state index in [4.69, 9.17) is 9.72 Å². The van der Waals surface area contributed by atoms with Gasteiger partial charge in [-0.15, -0.1) is 0 Å². The van der Waals surface area contributed by atoms with Crippen LogP contribution in [0.4, 0.5) is 20.4 Å². The quantitative estimate of drug-likeness (QED) is 0.607. The molecule has 2 aliphatic rings. The van der Waals surface area contributed by atoms with E-state index >= 15 is 0 Å². The molecule has 33 heavy (non-hydrogen) atoms. The summed E-state index contributed by atoms with van der Waals surface area (Å²) in [4.78, 5) is 30.5. The number of hydrogen-bond donors (Lipinski definition) is 0. The minimum atomic E-state index is -0.603. The lowest BCUT2D eigenvalue weighted by molar-refractivity contribution is -0.118. The molecule has 0 N–H and O–H groups in total. The number of ether oxygens (including phenoxy) is 1. The average Bonchev–Trinajstić information content (AvgIpc) is 2.86. The maximum absolute atomic E-state index is 14.1. The van der Waals surface area contributed by atoms with E-state index in [1.807, 2.05) is 12.1 Å². The first-order valence-corrected chi connectivity index (χ1v) is 11.0. The third-order valence-corrected chi connectivity index (χ3v) is 5.91. The van der Waals surface area contributed by atoms with Gasteiger partial charge in [-0.3, -0.25) is 14.7 Å². The Hall–Kier alpha value is -3.46. The maximum atomic E-state index is 14.1. The van der Waals surface area contributed by atoms with Crippen LogP contribution in [0.3, 0.4) is 0 Å². The summed E-state index contributed by atoms with van der Waals surface area (Å²) < 4.78 is 33.0. The smallest absolute Gasteiger partial charge is 0.232 e. The molecule has 0 aliphatic carbocycles. The lowest BCUT2D eigenvalue weighted by Crippen LogP contribution is -2.38. The predicted octanol–water partition coefficient (Wildman–Crippen LogP) is 3.18. The number of morpholine rings is 1. The summed E-state index contributed by atoms with van der Waals surface area (Å²) in [6.07, 6.45) is 4.62. The lowest BCUT2D eigenvalue weighted by atomic mass is 10.1. The van der Waals surface area contributed by atoms with Crippen molar-refractivity contribution < 1.29 is 18.3 Å². The van der Waals surface area contributed by atoms with Gasteiger partial charge in [0.05, 0.1) is 37.2 Å². The van der Waals surface area contributed by atoms with Crippen molar-refractivity contribution in [2.24, 2.45) is 0 Å². The average molecular weight is 451 g/mol. The second-order valence-corrected chi connectivity index (χ2v) is 8.09. The summed E-state index contributed by atoms with van der Waals surface area (Å²) in [5, 5.41) is 0. The van der Waals surface area contributed by atoms with Gasteiger partial charge in [0, 0.05) is 37.0 Å². The van der Waals surface area contributed by atoms with E-state index in [0.717, 1.165) is 54.8 Å². The normalized spacial score (nSPS) is 15.9. The van der Waals surface area contributed by atoms with E-state index in [9.17, 15) is 13.6 Å². The molecule has 5 rings (SSSR count). The number of rotatable bonds is 4. The number of halogens is 2. The molecular formula is C24H23F2N5O2. The monoisotopic (exact) mass is 451 g/mol. The number of hydrogen-bond acceptors (Lipinski definition) is 6. The molecule has 4 heterocycles. The summed E-state index contributed by atoms with van der Waals surface area (Å²) in [6, 6.07) is 7.01. The van der Waals surface area contributed by atoms with Crippen LogP contribution in [0.1, 0.15) is 17.7 Å². The van der Waals surface area contributed by atoms with Crippen LogP contribution in [0, 0.1) is 11.6 Å². The molecule has 2 aromatic heterocycles. The number of amides is 1. The molecule has 0 radical (unpaired) electrons. The third-order valence-electron chi connectivity index (χ3n) is 5.91. The Kier molecular flexibility index (Phi) is 5.95. The van der Waals surface area contributed by atoms with Crippen molar-refractivity contribution >= 4 is 17.5 Å². The fourth-order valence-corrected chi connectivity index (χ4v) is 4.14. The minimum absolute atomic E-state index is 0.0270. The van der Waals surface area contributed by atoms with E-state index < -0.39 is 11.6 Å². The number of aryl methyl sites for hydroxylation is 1. The standard InChI is InChI=1S/C24H23F2N5O2/c25-18-4-5-19(26)17(12-18)13-23(32)31-7-1-2-20-24(31)29-21(15-27-20)16-3-6-22(28-14-16)30-8-10-33-11-9-30/h3-6,12,14-15H,1-2,7-11,13H2. The van der Waals surface area contributed by atoms with Gasteiger partial charge in [-0.25, -0.2) is 18.7 Å². The van der Waals surface area contributed by atoms with Gasteiger partial charge in [-0.2, -0.15) is 0 Å². The molecule has 170 valence electrons. The Bertz CT molecular complexity index is 1170. The van der Waals surface area contributed by atoms with Crippen LogP contribution in [0.15, 0.2) is 42.7 Å². The summed E-state index contributed by atoms with van der Waals surface area (Å²) in [5.41, 5.74) is 2.14. The molecule has 1 fully saturated rings. The third kappa shape index (κ3) is 4.54. The first-order chi connectivity index (χ1) is 16.1. The maximum Gasteiger partial charge on any atom is 0.232 e. The van der Waals surface area contributed by atoms with Gasteiger partial charge in [0.2, 0.25) is 5.91 Å². The number of carbonyl (C=O) groups excluding carboxylic acids is 1. The van der Waals surface area contributed by atoms with Gasteiger partial charge >= 0.3 is 0 Å². The first kappa shape index (κ1) is 21.4. The van der Waals surface area contributed by atoms with Crippen molar-refractivity contribution in [1.82, 2.24) is 15.0 Å². The zero-order valence-corrected chi connectivity index (χ0v) is 18.0. The number of anilines is 2. The topological polar surface area (TPSA) is 71.5 Å². The lowest BCUT2D eigenvalue weighted by Gasteiger charge is -2.28. The van der Waals surface area contributed by atoms with Crippen molar-refractivity contribution in [3.05, 3.63) is 65.6 Å². The fraction of sp³-hybridized carbons (Fsp3) is 0.333. The van der Waals surface area contributed by atoms with Gasteiger partial charge in [-0.05, 0) is 43.2 Å². The Morgan fingerprint density at radius 3 is 2.67 bits per heavy atom. The second-order valence-electron chi connectivity index (χ2n) is 8.09. The number of nitrogens with zero attached hydrogens (tertiary/aromatic N) is 5. The van der Waals surface area contributed by atoms with Gasteiger partial charge in [-0.1, -0.05) is 0 Å². The Morgan fingerprint density at radius 1 is 1.03 bits per heavy atom. The molecule has 0 saturated carbocycles. The Morgan fingerprint density at radius 2 is 1.88 bits per heavy atom. The fourth-order valence-electron chi connectivity index (χ4n) is 4.14. The van der Waals surface area contributed by atoms with E-state index in [1.165, 1.54) is 4.90 Å². The second kappa shape index (κ2) is 9.19. The van der Waals surface area contributed by atoms with Crippen LogP contribution >= 0.6 is 0 Å². The van der Waals surface area contributed by atoms with Crippen molar-refractivity contribution in [2.75, 3.05) is 42.6 Å². The molecule has 9 heteroatoms. The molecule has 1 aromatic carbocycles. The zero-order chi connectivity index (χ0) is 22.8. The highest BCUT2D eigenvalue weighted by Crippen LogP contribution is 2.28. The van der Waals surface area contributed by atoms with Gasteiger partial charge in [0.1, 0.15) is 17.5 Å². The molecule has 3 aromatic rings. The molecule has 1 saturated heterocycles. The molecule has 0 atom stereocenters. The van der Waals surface area contributed by atoms with Crippen molar-refractivity contribution in [3.63, 3.8) is 0 Å². The molecule has 1 amide bonds. The van der Waals surface area contributed by atoms with Crippen molar-refractivity contribution in [1.29, 1.82) is 0 Å². The molecular weight excluding hydrogens is 428 g/mol.